The van der Waals surface area contributed by atoms with Crippen LogP contribution in [0.5, 0.6) is 0 Å². The van der Waals surface area contributed by atoms with E-state index in [-0.39, 0.29) is 12.0 Å². The first-order valence-corrected chi connectivity index (χ1v) is 5.74. The lowest BCUT2D eigenvalue weighted by Gasteiger charge is -2.17. The molecule has 1 aromatic heterocycles. The molecule has 0 fully saturated rings. The molecule has 96 valence electrons. The molecule has 1 heterocycles. The molecule has 1 N–H and O–H groups in total. The molecular weight excluding hydrogens is 220 g/mol. The molecule has 0 saturated heterocycles. The maximum atomic E-state index is 11.6. The molecular formula is C12H20N2O3. The summed E-state index contributed by atoms with van der Waals surface area (Å²) in [6.45, 7) is 6.49. The van der Waals surface area contributed by atoms with E-state index >= 15 is 0 Å². The zero-order valence-electron chi connectivity index (χ0n) is 10.8. The minimum atomic E-state index is -0.295. The average molecular weight is 240 g/mol. The Morgan fingerprint density at radius 1 is 1.59 bits per heavy atom. The number of rotatable bonds is 6. The van der Waals surface area contributed by atoms with Crippen LogP contribution in [0.1, 0.15) is 31.7 Å². The summed E-state index contributed by atoms with van der Waals surface area (Å²) >= 11 is 0. The van der Waals surface area contributed by atoms with Crippen LogP contribution in [0.25, 0.3) is 0 Å². The Hall–Kier alpha value is -1.36. The highest BCUT2D eigenvalue weighted by Gasteiger charge is 2.20. The lowest BCUT2D eigenvalue weighted by Crippen LogP contribution is -2.38. The standard InChI is InChI=1S/C12H20N2O3/c1-8(2)5-10(12(15)16-4)13-6-11-9(3)17-7-14-11/h7-8,10,13H,5-6H2,1-4H3. The van der Waals surface area contributed by atoms with Crippen LogP contribution >= 0.6 is 0 Å². The SMILES string of the molecule is COC(=O)C(CC(C)C)NCc1ncoc1C. The third kappa shape index (κ3) is 4.19. The van der Waals surface area contributed by atoms with Crippen molar-refractivity contribution in [3.05, 3.63) is 17.8 Å². The molecule has 1 rings (SSSR count). The van der Waals surface area contributed by atoms with Gasteiger partial charge in [0.15, 0.2) is 6.39 Å². The van der Waals surface area contributed by atoms with Gasteiger partial charge in [-0.15, -0.1) is 0 Å². The Morgan fingerprint density at radius 2 is 2.29 bits per heavy atom. The van der Waals surface area contributed by atoms with Gasteiger partial charge in [-0.05, 0) is 19.3 Å². The van der Waals surface area contributed by atoms with Crippen LogP contribution in [0.15, 0.2) is 10.8 Å². The molecule has 0 aliphatic heterocycles. The molecule has 17 heavy (non-hydrogen) atoms. The maximum absolute atomic E-state index is 11.6. The fraction of sp³-hybridized carbons (Fsp3) is 0.667. The second-order valence-electron chi connectivity index (χ2n) is 4.44. The Labute approximate surface area is 102 Å². The lowest BCUT2D eigenvalue weighted by molar-refractivity contribution is -0.143. The van der Waals surface area contributed by atoms with Crippen molar-refractivity contribution in [1.82, 2.24) is 10.3 Å². The first-order chi connectivity index (χ1) is 8.04. The summed E-state index contributed by atoms with van der Waals surface area (Å²) in [5, 5.41) is 3.15. The summed E-state index contributed by atoms with van der Waals surface area (Å²) in [4.78, 5) is 15.6. The van der Waals surface area contributed by atoms with Gasteiger partial charge in [0.1, 0.15) is 11.8 Å². The molecule has 0 spiro atoms. The molecule has 0 amide bonds. The summed E-state index contributed by atoms with van der Waals surface area (Å²) in [7, 11) is 1.40. The van der Waals surface area contributed by atoms with Crippen molar-refractivity contribution in [1.29, 1.82) is 0 Å². The smallest absolute Gasteiger partial charge is 0.322 e. The van der Waals surface area contributed by atoms with Crippen molar-refractivity contribution in [2.24, 2.45) is 5.92 Å². The summed E-state index contributed by atoms with van der Waals surface area (Å²) in [5.74, 6) is 0.954. The topological polar surface area (TPSA) is 64.4 Å². The van der Waals surface area contributed by atoms with Crippen LogP contribution in [0.3, 0.4) is 0 Å². The summed E-state index contributed by atoms with van der Waals surface area (Å²) < 4.78 is 9.87. The zero-order valence-corrected chi connectivity index (χ0v) is 10.8. The van der Waals surface area contributed by atoms with E-state index in [1.165, 1.54) is 13.5 Å². The van der Waals surface area contributed by atoms with Gasteiger partial charge in [-0.25, -0.2) is 4.98 Å². The van der Waals surface area contributed by atoms with Crippen molar-refractivity contribution in [3.8, 4) is 0 Å². The third-order valence-electron chi connectivity index (χ3n) is 2.55. The second kappa shape index (κ2) is 6.39. The number of ether oxygens (including phenoxy) is 1. The van der Waals surface area contributed by atoms with Crippen molar-refractivity contribution in [3.63, 3.8) is 0 Å². The lowest BCUT2D eigenvalue weighted by atomic mass is 10.0. The minimum Gasteiger partial charge on any atom is -0.468 e. The summed E-state index contributed by atoms with van der Waals surface area (Å²) in [6, 6.07) is -0.295. The number of hydrogen-bond donors (Lipinski definition) is 1. The first-order valence-electron chi connectivity index (χ1n) is 5.74. The van der Waals surface area contributed by atoms with E-state index < -0.39 is 0 Å². The largest absolute Gasteiger partial charge is 0.468 e. The van der Waals surface area contributed by atoms with Crippen LogP contribution in [0.2, 0.25) is 0 Å². The van der Waals surface area contributed by atoms with Crippen molar-refractivity contribution in [2.45, 2.75) is 39.8 Å². The number of esters is 1. The molecule has 1 unspecified atom stereocenters. The number of aromatic nitrogens is 1. The number of nitrogens with one attached hydrogen (secondary N) is 1. The molecule has 5 heteroatoms. The Balaban J connectivity index is 2.55. The number of oxazole rings is 1. The van der Waals surface area contributed by atoms with Crippen molar-refractivity contribution < 1.29 is 13.9 Å². The van der Waals surface area contributed by atoms with E-state index in [0.717, 1.165) is 17.9 Å². The van der Waals surface area contributed by atoms with E-state index in [1.807, 2.05) is 6.92 Å². The van der Waals surface area contributed by atoms with E-state index in [9.17, 15) is 4.79 Å². The predicted molar refractivity (Wildman–Crippen MR) is 63.3 cm³/mol. The number of nitrogens with zero attached hydrogens (tertiary/aromatic N) is 1. The Bertz CT molecular complexity index is 360. The van der Waals surface area contributed by atoms with Gasteiger partial charge in [-0.3, -0.25) is 10.1 Å². The molecule has 5 nitrogen and oxygen atoms in total. The number of methoxy groups -OCH3 is 1. The minimum absolute atomic E-state index is 0.236. The normalized spacial score (nSPS) is 12.8. The van der Waals surface area contributed by atoms with Gasteiger partial charge < -0.3 is 9.15 Å². The number of carbonyl (C=O) groups excluding carboxylic acids is 1. The molecule has 0 aromatic carbocycles. The quantitative estimate of drug-likeness (QED) is 0.766. The second-order valence-corrected chi connectivity index (χ2v) is 4.44. The van der Waals surface area contributed by atoms with Gasteiger partial charge >= 0.3 is 5.97 Å². The maximum Gasteiger partial charge on any atom is 0.322 e. The highest BCUT2D eigenvalue weighted by Crippen LogP contribution is 2.09. The summed E-state index contributed by atoms with van der Waals surface area (Å²) in [5.41, 5.74) is 0.822. The fourth-order valence-corrected chi connectivity index (χ4v) is 1.59. The van der Waals surface area contributed by atoms with Gasteiger partial charge in [0, 0.05) is 6.54 Å². The zero-order chi connectivity index (χ0) is 12.8. The van der Waals surface area contributed by atoms with Crippen molar-refractivity contribution >= 4 is 5.97 Å². The molecule has 0 aliphatic rings. The highest BCUT2D eigenvalue weighted by atomic mass is 16.5. The van der Waals surface area contributed by atoms with Gasteiger partial charge in [0.2, 0.25) is 0 Å². The van der Waals surface area contributed by atoms with Gasteiger partial charge in [0.25, 0.3) is 0 Å². The van der Waals surface area contributed by atoms with Gasteiger partial charge in [-0.1, -0.05) is 13.8 Å². The molecule has 0 aliphatic carbocycles. The Kier molecular flexibility index (Phi) is 5.15. The Morgan fingerprint density at radius 3 is 2.76 bits per heavy atom. The molecule has 0 saturated carbocycles. The highest BCUT2D eigenvalue weighted by molar-refractivity contribution is 5.75. The van der Waals surface area contributed by atoms with Crippen LogP contribution in [0.4, 0.5) is 0 Å². The van der Waals surface area contributed by atoms with Gasteiger partial charge in [0.05, 0.1) is 12.8 Å². The molecule has 0 bridgehead atoms. The van der Waals surface area contributed by atoms with E-state index in [1.54, 1.807) is 0 Å². The molecule has 1 atom stereocenters. The van der Waals surface area contributed by atoms with Crippen LogP contribution in [-0.4, -0.2) is 24.1 Å². The number of hydrogen-bond acceptors (Lipinski definition) is 5. The van der Waals surface area contributed by atoms with Crippen LogP contribution in [0, 0.1) is 12.8 Å². The molecule has 1 aromatic rings. The first kappa shape index (κ1) is 13.7. The monoisotopic (exact) mass is 240 g/mol. The van der Waals surface area contributed by atoms with E-state index in [0.29, 0.717) is 12.5 Å². The van der Waals surface area contributed by atoms with Crippen LogP contribution < -0.4 is 5.32 Å². The number of carbonyl (C=O) groups is 1. The third-order valence-corrected chi connectivity index (χ3v) is 2.55. The van der Waals surface area contributed by atoms with Crippen molar-refractivity contribution in [2.75, 3.05) is 7.11 Å². The average Bonchev–Trinajstić information content (AvgIpc) is 2.68. The predicted octanol–water partition coefficient (Wildman–Crippen LogP) is 1.66. The van der Waals surface area contributed by atoms with E-state index in [4.69, 9.17) is 9.15 Å². The summed E-state index contributed by atoms with van der Waals surface area (Å²) in [6.07, 6.45) is 2.14. The van der Waals surface area contributed by atoms with E-state index in [2.05, 4.69) is 24.1 Å². The fourth-order valence-electron chi connectivity index (χ4n) is 1.59. The molecule has 0 radical (unpaired) electrons. The van der Waals surface area contributed by atoms with Gasteiger partial charge in [-0.2, -0.15) is 0 Å². The number of aryl methyl sites for hydroxylation is 1. The van der Waals surface area contributed by atoms with Crippen LogP contribution in [-0.2, 0) is 16.1 Å².